The number of rotatable bonds is 5. The molecule has 1 aromatic heterocycles. The molecular formula is C20H19F6N3O3. The van der Waals surface area contributed by atoms with Crippen molar-refractivity contribution in [2.24, 2.45) is 5.92 Å². The van der Waals surface area contributed by atoms with E-state index in [0.29, 0.717) is 37.3 Å². The molecule has 3 rings (SSSR count). The second-order valence-corrected chi connectivity index (χ2v) is 7.34. The van der Waals surface area contributed by atoms with Crippen molar-refractivity contribution in [1.82, 2.24) is 9.97 Å². The molecular weight excluding hydrogens is 444 g/mol. The molecule has 1 aromatic carbocycles. The average Bonchev–Trinajstić information content (AvgIpc) is 3.19. The Labute approximate surface area is 179 Å². The van der Waals surface area contributed by atoms with Gasteiger partial charge < -0.3 is 14.4 Å². The number of anilines is 1. The van der Waals surface area contributed by atoms with Crippen LogP contribution >= 0.6 is 0 Å². The van der Waals surface area contributed by atoms with Crippen LogP contribution in [-0.4, -0.2) is 42.7 Å². The van der Waals surface area contributed by atoms with Crippen LogP contribution in [0.15, 0.2) is 24.3 Å². The van der Waals surface area contributed by atoms with Crippen molar-refractivity contribution >= 4 is 11.9 Å². The van der Waals surface area contributed by atoms with E-state index in [-0.39, 0.29) is 30.2 Å². The third-order valence-corrected chi connectivity index (χ3v) is 4.85. The first-order chi connectivity index (χ1) is 14.9. The Hall–Kier alpha value is -3.05. The Morgan fingerprint density at radius 2 is 1.69 bits per heavy atom. The van der Waals surface area contributed by atoms with E-state index in [1.54, 1.807) is 11.8 Å². The lowest BCUT2D eigenvalue weighted by Crippen LogP contribution is -2.25. The lowest BCUT2D eigenvalue weighted by molar-refractivity contribution is -0.143. The van der Waals surface area contributed by atoms with Crippen LogP contribution in [0.1, 0.15) is 33.7 Å². The summed E-state index contributed by atoms with van der Waals surface area (Å²) in [6.07, 6.45) is -9.33. The Balaban J connectivity index is 1.71. The van der Waals surface area contributed by atoms with Crippen molar-refractivity contribution in [3.8, 4) is 5.75 Å². The van der Waals surface area contributed by atoms with E-state index in [0.717, 1.165) is 0 Å². The highest BCUT2D eigenvalue weighted by atomic mass is 19.4. The summed E-state index contributed by atoms with van der Waals surface area (Å²) in [6.45, 7) is 2.43. The topological polar surface area (TPSA) is 64.5 Å². The van der Waals surface area contributed by atoms with Crippen LogP contribution in [0.2, 0.25) is 0 Å². The molecule has 0 N–H and O–H groups in total. The third kappa shape index (κ3) is 5.60. The maximum atomic E-state index is 13.0. The molecule has 0 spiro atoms. The summed E-state index contributed by atoms with van der Waals surface area (Å²) in [5.41, 5.74) is -2.24. The number of carbonyl (C=O) groups is 1. The highest BCUT2D eigenvalue weighted by Gasteiger charge is 2.37. The molecule has 6 nitrogen and oxygen atoms in total. The van der Waals surface area contributed by atoms with Gasteiger partial charge in [-0.15, -0.1) is 0 Å². The monoisotopic (exact) mass is 463 g/mol. The molecule has 0 radical (unpaired) electrons. The molecule has 1 aliphatic rings. The summed E-state index contributed by atoms with van der Waals surface area (Å²) in [5, 5.41) is 0. The van der Waals surface area contributed by atoms with E-state index >= 15 is 0 Å². The molecule has 1 fully saturated rings. The number of carbonyl (C=O) groups excluding carboxylic acids is 1. The van der Waals surface area contributed by atoms with Crippen LogP contribution in [-0.2, 0) is 17.1 Å². The number of methoxy groups -OCH3 is 1. The first kappa shape index (κ1) is 23.6. The van der Waals surface area contributed by atoms with E-state index < -0.39 is 35.2 Å². The normalized spacial score (nSPS) is 16.9. The largest absolute Gasteiger partial charge is 0.493 e. The van der Waals surface area contributed by atoms with E-state index in [4.69, 9.17) is 4.74 Å². The van der Waals surface area contributed by atoms with Gasteiger partial charge in [0.05, 0.1) is 24.8 Å². The van der Waals surface area contributed by atoms with Gasteiger partial charge in [-0.2, -0.15) is 26.3 Å². The van der Waals surface area contributed by atoms with Gasteiger partial charge in [-0.1, -0.05) is 0 Å². The van der Waals surface area contributed by atoms with Crippen LogP contribution in [0, 0.1) is 12.8 Å². The first-order valence-corrected chi connectivity index (χ1v) is 9.48. The van der Waals surface area contributed by atoms with Gasteiger partial charge in [-0.25, -0.2) is 14.8 Å². The number of ether oxygens (including phenoxy) is 2. The van der Waals surface area contributed by atoms with Crippen molar-refractivity contribution in [3.63, 3.8) is 0 Å². The quantitative estimate of drug-likeness (QED) is 0.480. The summed E-state index contributed by atoms with van der Waals surface area (Å²) < 4.78 is 87.9. The maximum absolute atomic E-state index is 13.0. The molecule has 2 heterocycles. The highest BCUT2D eigenvalue weighted by molar-refractivity contribution is 5.87. The number of benzene rings is 1. The van der Waals surface area contributed by atoms with Crippen LogP contribution in [0.3, 0.4) is 0 Å². The van der Waals surface area contributed by atoms with Gasteiger partial charge >= 0.3 is 18.3 Å². The lowest BCUT2D eigenvalue weighted by atomic mass is 10.1. The van der Waals surface area contributed by atoms with E-state index in [2.05, 4.69) is 14.7 Å². The number of nitrogens with zero attached hydrogens (tertiary/aromatic N) is 3. The summed E-state index contributed by atoms with van der Waals surface area (Å²) >= 11 is 0. The molecule has 2 aromatic rings. The number of halogens is 6. The number of esters is 1. The summed E-state index contributed by atoms with van der Waals surface area (Å²) in [6, 6.07) is 2.62. The predicted molar refractivity (Wildman–Crippen MR) is 100 cm³/mol. The van der Waals surface area contributed by atoms with E-state index in [1.807, 2.05) is 0 Å². The van der Waals surface area contributed by atoms with Crippen molar-refractivity contribution in [1.29, 1.82) is 0 Å². The highest BCUT2D eigenvalue weighted by Crippen LogP contribution is 2.38. The molecule has 0 bridgehead atoms. The molecule has 12 heteroatoms. The third-order valence-electron chi connectivity index (χ3n) is 4.85. The lowest BCUT2D eigenvalue weighted by Gasteiger charge is -2.18. The fraction of sp³-hybridized carbons (Fsp3) is 0.450. The van der Waals surface area contributed by atoms with Gasteiger partial charge in [0.1, 0.15) is 5.75 Å². The molecule has 0 aliphatic carbocycles. The standard InChI is InChI=1S/C20H19F6N3O3/c1-11-5-16(17(30)31-2)28-18(27-11)29-4-3-12(9-29)10-32-15-7-13(19(21,22)23)6-14(8-15)20(24,25)26/h5-8,12H,3-4,9-10H2,1-2H3. The number of alkyl halides is 6. The number of hydrogen-bond acceptors (Lipinski definition) is 6. The Morgan fingerprint density at radius 1 is 1.06 bits per heavy atom. The van der Waals surface area contributed by atoms with Gasteiger partial charge in [-0.3, -0.25) is 0 Å². The first-order valence-electron chi connectivity index (χ1n) is 9.48. The molecule has 1 saturated heterocycles. The van der Waals surface area contributed by atoms with Crippen LogP contribution in [0.5, 0.6) is 5.75 Å². The Morgan fingerprint density at radius 3 is 2.25 bits per heavy atom. The van der Waals surface area contributed by atoms with Crippen molar-refractivity contribution in [3.05, 3.63) is 46.8 Å². The maximum Gasteiger partial charge on any atom is 0.416 e. The number of aryl methyl sites for hydroxylation is 1. The summed E-state index contributed by atoms with van der Waals surface area (Å²) in [5.74, 6) is -1.04. The molecule has 32 heavy (non-hydrogen) atoms. The average molecular weight is 463 g/mol. The SMILES string of the molecule is COC(=O)c1cc(C)nc(N2CCC(COc3cc(C(F)(F)F)cc(C(F)(F)F)c3)C2)n1. The van der Waals surface area contributed by atoms with Gasteiger partial charge in [0.2, 0.25) is 5.95 Å². The van der Waals surface area contributed by atoms with Crippen molar-refractivity contribution < 1.29 is 40.6 Å². The van der Waals surface area contributed by atoms with Gasteiger partial charge in [0.25, 0.3) is 0 Å². The van der Waals surface area contributed by atoms with Crippen molar-refractivity contribution in [2.45, 2.75) is 25.7 Å². The Bertz CT molecular complexity index is 961. The van der Waals surface area contributed by atoms with Crippen molar-refractivity contribution in [2.75, 3.05) is 31.7 Å². The van der Waals surface area contributed by atoms with E-state index in [9.17, 15) is 31.1 Å². The number of aromatic nitrogens is 2. The summed E-state index contributed by atoms with van der Waals surface area (Å²) in [4.78, 5) is 22.0. The zero-order valence-electron chi connectivity index (χ0n) is 17.0. The fourth-order valence-corrected chi connectivity index (χ4v) is 3.28. The molecule has 1 atom stereocenters. The minimum Gasteiger partial charge on any atom is -0.493 e. The zero-order valence-corrected chi connectivity index (χ0v) is 17.0. The second-order valence-electron chi connectivity index (χ2n) is 7.34. The molecule has 1 unspecified atom stereocenters. The summed E-state index contributed by atoms with van der Waals surface area (Å²) in [7, 11) is 1.22. The van der Waals surface area contributed by atoms with Gasteiger partial charge in [-0.05, 0) is 37.6 Å². The van der Waals surface area contributed by atoms with Crippen LogP contribution in [0.25, 0.3) is 0 Å². The minimum absolute atomic E-state index is 0.0537. The zero-order chi connectivity index (χ0) is 23.7. The Kier molecular flexibility index (Phi) is 6.51. The van der Waals surface area contributed by atoms with Crippen LogP contribution in [0.4, 0.5) is 32.3 Å². The molecule has 1 aliphatic heterocycles. The number of hydrogen-bond donors (Lipinski definition) is 0. The fourth-order valence-electron chi connectivity index (χ4n) is 3.28. The molecule has 0 saturated carbocycles. The van der Waals surface area contributed by atoms with Crippen LogP contribution < -0.4 is 9.64 Å². The smallest absolute Gasteiger partial charge is 0.416 e. The van der Waals surface area contributed by atoms with E-state index in [1.165, 1.54) is 13.2 Å². The predicted octanol–water partition coefficient (Wildman–Crippen LogP) is 4.51. The second kappa shape index (κ2) is 8.83. The molecule has 0 amide bonds. The minimum atomic E-state index is -4.94. The van der Waals surface area contributed by atoms with Gasteiger partial charge in [0.15, 0.2) is 5.69 Å². The molecule has 174 valence electrons. The van der Waals surface area contributed by atoms with Gasteiger partial charge in [0, 0.05) is 24.7 Å².